The second-order valence-electron chi connectivity index (χ2n) is 5.31. The average molecular weight is 252 g/mol. The maximum absolute atomic E-state index is 13.1. The number of rotatable bonds is 1. The molecule has 0 spiro atoms. The van der Waals surface area contributed by atoms with E-state index < -0.39 is 5.79 Å². The van der Waals surface area contributed by atoms with E-state index in [0.29, 0.717) is 6.61 Å². The van der Waals surface area contributed by atoms with E-state index in [1.54, 1.807) is 12.1 Å². The quantitative estimate of drug-likeness (QED) is 0.769. The van der Waals surface area contributed by atoms with Gasteiger partial charge < -0.3 is 14.2 Å². The lowest BCUT2D eigenvalue weighted by Crippen LogP contribution is -2.37. The lowest BCUT2D eigenvalue weighted by molar-refractivity contribution is -0.149. The summed E-state index contributed by atoms with van der Waals surface area (Å²) in [5, 5.41) is 0. The summed E-state index contributed by atoms with van der Waals surface area (Å²) in [6, 6.07) is 4.66. The van der Waals surface area contributed by atoms with Crippen molar-refractivity contribution in [1.29, 1.82) is 0 Å². The molecule has 3 nitrogen and oxygen atoms in total. The number of hydrogen-bond donors (Lipinski definition) is 0. The van der Waals surface area contributed by atoms with Gasteiger partial charge in [-0.25, -0.2) is 4.39 Å². The number of aryl methyl sites for hydroxylation is 1. The van der Waals surface area contributed by atoms with Crippen molar-refractivity contribution in [2.24, 2.45) is 0 Å². The van der Waals surface area contributed by atoms with Gasteiger partial charge in [-0.15, -0.1) is 0 Å². The Balaban J connectivity index is 1.74. The molecule has 0 bridgehead atoms. The van der Waals surface area contributed by atoms with E-state index in [1.165, 1.54) is 6.07 Å². The van der Waals surface area contributed by atoms with Gasteiger partial charge in [0.2, 0.25) is 0 Å². The molecule has 2 heterocycles. The molecule has 0 aliphatic carbocycles. The van der Waals surface area contributed by atoms with Crippen LogP contribution in [0.4, 0.5) is 4.39 Å². The Hall–Kier alpha value is -1.13. The van der Waals surface area contributed by atoms with Gasteiger partial charge in [0.25, 0.3) is 0 Å². The normalized spacial score (nSPS) is 29.7. The van der Waals surface area contributed by atoms with Crippen LogP contribution >= 0.6 is 0 Å². The van der Waals surface area contributed by atoms with Crippen LogP contribution in [0.1, 0.15) is 25.8 Å². The monoisotopic (exact) mass is 252 g/mol. The molecule has 0 amide bonds. The highest BCUT2D eigenvalue weighted by Crippen LogP contribution is 2.33. The summed E-state index contributed by atoms with van der Waals surface area (Å²) in [5.41, 5.74) is 0.935. The zero-order chi connectivity index (χ0) is 12.8. The Kier molecular flexibility index (Phi) is 2.79. The van der Waals surface area contributed by atoms with Gasteiger partial charge in [0, 0.05) is 0 Å². The van der Waals surface area contributed by atoms with Crippen molar-refractivity contribution < 1.29 is 18.6 Å². The van der Waals surface area contributed by atoms with Crippen LogP contribution in [-0.4, -0.2) is 24.6 Å². The van der Waals surface area contributed by atoms with E-state index in [9.17, 15) is 4.39 Å². The van der Waals surface area contributed by atoms with Crippen LogP contribution in [0.2, 0.25) is 0 Å². The van der Waals surface area contributed by atoms with Crippen LogP contribution < -0.4 is 4.74 Å². The van der Waals surface area contributed by atoms with Gasteiger partial charge in [-0.2, -0.15) is 0 Å². The minimum Gasteiger partial charge on any atom is -0.487 e. The molecular weight excluding hydrogens is 235 g/mol. The lowest BCUT2D eigenvalue weighted by Gasteiger charge is -2.30. The van der Waals surface area contributed by atoms with E-state index >= 15 is 0 Å². The van der Waals surface area contributed by atoms with E-state index in [4.69, 9.17) is 14.2 Å². The van der Waals surface area contributed by atoms with E-state index in [2.05, 4.69) is 0 Å². The molecule has 3 rings (SSSR count). The fraction of sp³-hybridized carbons (Fsp3) is 0.571. The summed E-state index contributed by atoms with van der Waals surface area (Å²) < 4.78 is 30.3. The molecule has 1 fully saturated rings. The van der Waals surface area contributed by atoms with Crippen molar-refractivity contribution in [3.63, 3.8) is 0 Å². The predicted molar refractivity (Wildman–Crippen MR) is 64.0 cm³/mol. The maximum atomic E-state index is 13.1. The third kappa shape index (κ3) is 2.22. The summed E-state index contributed by atoms with van der Waals surface area (Å²) in [4.78, 5) is 0. The first kappa shape index (κ1) is 11.9. The number of ether oxygens (including phenoxy) is 3. The highest BCUT2D eigenvalue weighted by molar-refractivity contribution is 5.36. The SMILES string of the molecule is CC1(C)OC[C@@H]([C@H]2CCc3cc(F)ccc3O2)O1. The van der Waals surface area contributed by atoms with E-state index in [0.717, 1.165) is 24.2 Å². The summed E-state index contributed by atoms with van der Waals surface area (Å²) >= 11 is 0. The summed E-state index contributed by atoms with van der Waals surface area (Å²) in [6.45, 7) is 4.35. The van der Waals surface area contributed by atoms with Crippen LogP contribution in [0.3, 0.4) is 0 Å². The van der Waals surface area contributed by atoms with Crippen molar-refractivity contribution in [3.05, 3.63) is 29.6 Å². The van der Waals surface area contributed by atoms with Gasteiger partial charge in [0.15, 0.2) is 5.79 Å². The van der Waals surface area contributed by atoms with Crippen molar-refractivity contribution in [2.75, 3.05) is 6.61 Å². The molecule has 0 N–H and O–H groups in total. The highest BCUT2D eigenvalue weighted by atomic mass is 19.1. The smallest absolute Gasteiger partial charge is 0.163 e. The fourth-order valence-corrected chi connectivity index (χ4v) is 2.54. The Morgan fingerprint density at radius 2 is 2.11 bits per heavy atom. The first-order valence-electron chi connectivity index (χ1n) is 6.30. The first-order valence-corrected chi connectivity index (χ1v) is 6.30. The van der Waals surface area contributed by atoms with E-state index in [-0.39, 0.29) is 18.0 Å². The molecule has 0 aromatic heterocycles. The lowest BCUT2D eigenvalue weighted by atomic mass is 9.99. The third-order valence-electron chi connectivity index (χ3n) is 3.44. The summed E-state index contributed by atoms with van der Waals surface area (Å²) in [5.74, 6) is 0.0234. The van der Waals surface area contributed by atoms with Crippen LogP contribution in [0.15, 0.2) is 18.2 Å². The molecule has 1 aromatic carbocycles. The maximum Gasteiger partial charge on any atom is 0.163 e. The molecule has 2 aliphatic heterocycles. The van der Waals surface area contributed by atoms with Crippen molar-refractivity contribution in [2.45, 2.75) is 44.7 Å². The number of hydrogen-bond acceptors (Lipinski definition) is 3. The molecule has 2 aliphatic rings. The zero-order valence-electron chi connectivity index (χ0n) is 10.6. The van der Waals surface area contributed by atoms with Crippen LogP contribution in [0.5, 0.6) is 5.75 Å². The average Bonchev–Trinajstić information content (AvgIpc) is 2.69. The van der Waals surface area contributed by atoms with Crippen LogP contribution in [-0.2, 0) is 15.9 Å². The fourth-order valence-electron chi connectivity index (χ4n) is 2.54. The molecule has 0 saturated carbocycles. The first-order chi connectivity index (χ1) is 8.53. The second-order valence-corrected chi connectivity index (χ2v) is 5.31. The molecule has 0 radical (unpaired) electrons. The Labute approximate surface area is 106 Å². The molecule has 1 saturated heterocycles. The minimum absolute atomic E-state index is 0.00950. The molecule has 18 heavy (non-hydrogen) atoms. The Bertz CT molecular complexity index is 458. The van der Waals surface area contributed by atoms with Gasteiger partial charge in [0.05, 0.1) is 6.61 Å². The van der Waals surface area contributed by atoms with Crippen LogP contribution in [0.25, 0.3) is 0 Å². The zero-order valence-corrected chi connectivity index (χ0v) is 10.6. The van der Waals surface area contributed by atoms with Gasteiger partial charge in [0.1, 0.15) is 23.8 Å². The van der Waals surface area contributed by atoms with Crippen molar-refractivity contribution in [3.8, 4) is 5.75 Å². The second kappa shape index (κ2) is 4.21. The molecule has 0 unspecified atom stereocenters. The van der Waals surface area contributed by atoms with Gasteiger partial charge >= 0.3 is 0 Å². The summed E-state index contributed by atoms with van der Waals surface area (Å²) in [6.07, 6.45) is 1.60. The number of benzene rings is 1. The van der Waals surface area contributed by atoms with Crippen molar-refractivity contribution >= 4 is 0 Å². The van der Waals surface area contributed by atoms with Crippen LogP contribution in [0, 0.1) is 5.82 Å². The standard InChI is InChI=1S/C14H17FO3/c1-14(2)16-8-13(18-14)12-5-3-9-7-10(15)4-6-11(9)17-12/h4,6-7,12-13H,3,5,8H2,1-2H3/t12-,13+/m1/s1. The van der Waals surface area contributed by atoms with Gasteiger partial charge in [-0.1, -0.05) is 0 Å². The third-order valence-corrected chi connectivity index (χ3v) is 3.44. The topological polar surface area (TPSA) is 27.7 Å². The van der Waals surface area contributed by atoms with Gasteiger partial charge in [-0.3, -0.25) is 0 Å². The molecule has 4 heteroatoms. The molecule has 98 valence electrons. The predicted octanol–water partition coefficient (Wildman–Crippen LogP) is 2.67. The Morgan fingerprint density at radius 1 is 1.28 bits per heavy atom. The summed E-state index contributed by atoms with van der Waals surface area (Å²) in [7, 11) is 0. The van der Waals surface area contributed by atoms with Crippen molar-refractivity contribution in [1.82, 2.24) is 0 Å². The van der Waals surface area contributed by atoms with Gasteiger partial charge in [-0.05, 0) is 50.5 Å². The molecular formula is C14H17FO3. The highest BCUT2D eigenvalue weighted by Gasteiger charge is 2.39. The molecule has 1 aromatic rings. The number of halogens is 1. The largest absolute Gasteiger partial charge is 0.487 e. The Morgan fingerprint density at radius 3 is 2.83 bits per heavy atom. The molecule has 2 atom stereocenters. The van der Waals surface area contributed by atoms with E-state index in [1.807, 2.05) is 13.8 Å². The minimum atomic E-state index is -0.531. The number of fused-ring (bicyclic) bond motifs is 1.